The van der Waals surface area contributed by atoms with E-state index in [0.29, 0.717) is 34.1 Å². The molecule has 0 radical (unpaired) electrons. The summed E-state index contributed by atoms with van der Waals surface area (Å²) in [6.45, 7) is 3.90. The van der Waals surface area contributed by atoms with E-state index in [4.69, 9.17) is 0 Å². The molecule has 2 heterocycles. The van der Waals surface area contributed by atoms with Crippen molar-refractivity contribution in [1.29, 1.82) is 0 Å². The third kappa shape index (κ3) is 3.52. The van der Waals surface area contributed by atoms with Crippen LogP contribution in [0.25, 0.3) is 5.57 Å². The number of hydrogen-bond acceptors (Lipinski definition) is 3. The van der Waals surface area contributed by atoms with Crippen LogP contribution in [0.3, 0.4) is 0 Å². The zero-order chi connectivity index (χ0) is 19.0. The van der Waals surface area contributed by atoms with Gasteiger partial charge in [-0.3, -0.25) is 4.79 Å². The van der Waals surface area contributed by atoms with E-state index in [1.54, 1.807) is 12.1 Å². The quantitative estimate of drug-likeness (QED) is 0.777. The van der Waals surface area contributed by atoms with Gasteiger partial charge in [0, 0.05) is 36.2 Å². The molecule has 1 atom stereocenters. The number of anilines is 3. The summed E-state index contributed by atoms with van der Waals surface area (Å²) in [5.74, 6) is -0.471. The molecule has 4 rings (SSSR count). The molecule has 0 aromatic heterocycles. The van der Waals surface area contributed by atoms with Crippen molar-refractivity contribution < 1.29 is 13.6 Å². The van der Waals surface area contributed by atoms with Crippen molar-refractivity contribution in [2.24, 2.45) is 5.92 Å². The molecule has 2 aliphatic rings. The van der Waals surface area contributed by atoms with Crippen LogP contribution in [-0.2, 0) is 4.79 Å². The third-order valence-electron chi connectivity index (χ3n) is 5.09. The highest BCUT2D eigenvalue weighted by Crippen LogP contribution is 2.32. The number of carbonyl (C=O) groups is 1. The molecule has 1 fully saturated rings. The molecule has 1 amide bonds. The maximum atomic E-state index is 14.6. The molecule has 140 valence electrons. The molecule has 27 heavy (non-hydrogen) atoms. The van der Waals surface area contributed by atoms with E-state index in [-0.39, 0.29) is 11.7 Å². The number of nitrogens with one attached hydrogen (secondary N) is 2. The van der Waals surface area contributed by atoms with Gasteiger partial charge in [0.1, 0.15) is 11.6 Å². The number of nitrogens with zero attached hydrogens (tertiary/aromatic N) is 1. The number of fused-ring (bicyclic) bond motifs is 1. The Kier molecular flexibility index (Phi) is 4.56. The fraction of sp³-hybridized carbons (Fsp3) is 0.286. The SMILES string of the molecule is CC1CCCN(c2ccc(N/C=C3/C(=O)Nc4ccc(F)cc43)cc2F)C1. The molecule has 1 saturated heterocycles. The van der Waals surface area contributed by atoms with Crippen molar-refractivity contribution in [3.05, 3.63) is 59.8 Å². The van der Waals surface area contributed by atoms with Crippen molar-refractivity contribution in [2.45, 2.75) is 19.8 Å². The first-order valence-electron chi connectivity index (χ1n) is 9.14. The summed E-state index contributed by atoms with van der Waals surface area (Å²) in [7, 11) is 0. The predicted molar refractivity (Wildman–Crippen MR) is 104 cm³/mol. The monoisotopic (exact) mass is 369 g/mol. The standard InChI is InChI=1S/C21H21F2N3O/c1-13-3-2-8-26(12-13)20-7-5-15(10-18(20)23)24-11-17-16-9-14(22)4-6-19(16)25-21(17)27/h4-7,9-11,13,24H,2-3,8,12H2,1H3,(H,25,27)/b17-11+. The number of halogens is 2. The molecule has 6 heteroatoms. The van der Waals surface area contributed by atoms with Crippen LogP contribution in [0, 0.1) is 17.6 Å². The lowest BCUT2D eigenvalue weighted by atomic mass is 9.99. The lowest BCUT2D eigenvalue weighted by Gasteiger charge is -2.33. The number of rotatable bonds is 3. The van der Waals surface area contributed by atoms with Crippen molar-refractivity contribution in [3.8, 4) is 0 Å². The topological polar surface area (TPSA) is 44.4 Å². The molecule has 0 spiro atoms. The molecule has 2 N–H and O–H groups in total. The van der Waals surface area contributed by atoms with Gasteiger partial charge in [-0.25, -0.2) is 8.78 Å². The van der Waals surface area contributed by atoms with Crippen LogP contribution < -0.4 is 15.5 Å². The smallest absolute Gasteiger partial charge is 0.257 e. The van der Waals surface area contributed by atoms with E-state index in [2.05, 4.69) is 22.5 Å². The van der Waals surface area contributed by atoms with Crippen molar-refractivity contribution >= 4 is 28.5 Å². The zero-order valence-electron chi connectivity index (χ0n) is 15.1. The largest absolute Gasteiger partial charge is 0.369 e. The Morgan fingerprint density at radius 2 is 2.07 bits per heavy atom. The van der Waals surface area contributed by atoms with Crippen molar-refractivity contribution in [2.75, 3.05) is 28.6 Å². The zero-order valence-corrected chi connectivity index (χ0v) is 15.1. The molecule has 4 nitrogen and oxygen atoms in total. The Morgan fingerprint density at radius 3 is 2.85 bits per heavy atom. The fourth-order valence-corrected chi connectivity index (χ4v) is 3.72. The highest BCUT2D eigenvalue weighted by atomic mass is 19.1. The molecular weight excluding hydrogens is 348 g/mol. The number of hydrogen-bond donors (Lipinski definition) is 2. The van der Waals surface area contributed by atoms with Crippen molar-refractivity contribution in [1.82, 2.24) is 0 Å². The first-order valence-corrected chi connectivity index (χ1v) is 9.14. The van der Waals surface area contributed by atoms with Gasteiger partial charge in [0.25, 0.3) is 5.91 Å². The summed E-state index contributed by atoms with van der Waals surface area (Å²) in [6.07, 6.45) is 3.73. The normalized spacial score (nSPS) is 20.6. The Bertz CT molecular complexity index is 926. The van der Waals surface area contributed by atoms with Crippen LogP contribution in [0.1, 0.15) is 25.3 Å². The molecule has 2 aliphatic heterocycles. The molecular formula is C21H21F2N3O. The van der Waals surface area contributed by atoms with Gasteiger partial charge < -0.3 is 15.5 Å². The highest BCUT2D eigenvalue weighted by molar-refractivity contribution is 6.31. The Hall–Kier alpha value is -2.89. The minimum atomic E-state index is -0.415. The minimum absolute atomic E-state index is 0.296. The second-order valence-electron chi connectivity index (χ2n) is 7.21. The Balaban J connectivity index is 1.54. The van der Waals surface area contributed by atoms with E-state index >= 15 is 0 Å². The first-order chi connectivity index (χ1) is 13.0. The highest BCUT2D eigenvalue weighted by Gasteiger charge is 2.24. The van der Waals surface area contributed by atoms with Crippen LogP contribution in [0.4, 0.5) is 25.8 Å². The van der Waals surface area contributed by atoms with Gasteiger partial charge in [-0.05, 0) is 55.2 Å². The van der Waals surface area contributed by atoms with Gasteiger partial charge >= 0.3 is 0 Å². The molecule has 2 aromatic carbocycles. The van der Waals surface area contributed by atoms with Crippen LogP contribution in [0.5, 0.6) is 0 Å². The van der Waals surface area contributed by atoms with Crippen molar-refractivity contribution in [3.63, 3.8) is 0 Å². The second kappa shape index (κ2) is 7.02. The van der Waals surface area contributed by atoms with E-state index < -0.39 is 5.82 Å². The molecule has 1 unspecified atom stereocenters. The number of piperidine rings is 1. The van der Waals surface area contributed by atoms with Crippen LogP contribution >= 0.6 is 0 Å². The summed E-state index contributed by atoms with van der Waals surface area (Å²) in [4.78, 5) is 14.2. The molecule has 0 bridgehead atoms. The Morgan fingerprint density at radius 1 is 1.22 bits per heavy atom. The fourth-order valence-electron chi connectivity index (χ4n) is 3.72. The lowest BCUT2D eigenvalue weighted by molar-refractivity contribution is -0.110. The van der Waals surface area contributed by atoms with Gasteiger partial charge in [-0.1, -0.05) is 6.92 Å². The van der Waals surface area contributed by atoms with Gasteiger partial charge in [-0.2, -0.15) is 0 Å². The maximum Gasteiger partial charge on any atom is 0.257 e. The molecule has 2 aromatic rings. The second-order valence-corrected chi connectivity index (χ2v) is 7.21. The van der Waals surface area contributed by atoms with Crippen LogP contribution in [-0.4, -0.2) is 19.0 Å². The number of amides is 1. The average molecular weight is 369 g/mol. The molecule has 0 aliphatic carbocycles. The van der Waals surface area contributed by atoms with Gasteiger partial charge in [0.05, 0.1) is 11.3 Å². The average Bonchev–Trinajstić information content (AvgIpc) is 2.94. The van der Waals surface area contributed by atoms with E-state index in [9.17, 15) is 13.6 Å². The third-order valence-corrected chi connectivity index (χ3v) is 5.09. The summed E-state index contributed by atoms with van der Waals surface area (Å²) < 4.78 is 28.1. The van der Waals surface area contributed by atoms with Gasteiger partial charge in [0.15, 0.2) is 0 Å². The van der Waals surface area contributed by atoms with E-state index in [0.717, 1.165) is 19.5 Å². The Labute approximate surface area is 156 Å². The summed E-state index contributed by atoms with van der Waals surface area (Å²) in [5, 5.41) is 5.64. The number of benzene rings is 2. The minimum Gasteiger partial charge on any atom is -0.369 e. The maximum absolute atomic E-state index is 14.6. The van der Waals surface area contributed by atoms with Gasteiger partial charge in [0.2, 0.25) is 0 Å². The van der Waals surface area contributed by atoms with Gasteiger partial charge in [-0.15, -0.1) is 0 Å². The van der Waals surface area contributed by atoms with Crippen LogP contribution in [0.15, 0.2) is 42.6 Å². The summed E-state index contributed by atoms with van der Waals surface area (Å²) >= 11 is 0. The summed E-state index contributed by atoms with van der Waals surface area (Å²) in [5.41, 5.74) is 2.51. The summed E-state index contributed by atoms with van der Waals surface area (Å²) in [6, 6.07) is 9.10. The van der Waals surface area contributed by atoms with E-state index in [1.165, 1.54) is 36.9 Å². The first kappa shape index (κ1) is 17.5. The van der Waals surface area contributed by atoms with E-state index in [1.807, 2.05) is 0 Å². The molecule has 0 saturated carbocycles. The number of carbonyl (C=O) groups excluding carboxylic acids is 1. The van der Waals surface area contributed by atoms with Crippen LogP contribution in [0.2, 0.25) is 0 Å². The lowest BCUT2D eigenvalue weighted by Crippen LogP contribution is -2.34. The predicted octanol–water partition coefficient (Wildman–Crippen LogP) is 4.61.